The molecule has 0 aromatic heterocycles. The first-order valence-electron chi connectivity index (χ1n) is 1.70. The first kappa shape index (κ1) is 10.4. The highest BCUT2D eigenvalue weighted by molar-refractivity contribution is 7.56. The van der Waals surface area contributed by atoms with Crippen LogP contribution in [0.5, 0.6) is 0 Å². The molecule has 2 atom stereocenters. The van der Waals surface area contributed by atoms with Crippen LogP contribution in [-0.4, -0.2) is 14.7 Å². The third kappa shape index (κ3) is 6.55. The van der Waals surface area contributed by atoms with E-state index >= 15 is 0 Å². The Hall–Kier alpha value is 0.430. The van der Waals surface area contributed by atoms with Crippen LogP contribution >= 0.6 is 25.1 Å². The molecule has 10 heteroatoms. The summed E-state index contributed by atoms with van der Waals surface area (Å²) in [6.07, 6.45) is 0. The maximum Gasteiger partial charge on any atom is 0.703 e. The third-order valence-corrected chi connectivity index (χ3v) is 2.51. The zero-order valence-corrected chi connectivity index (χ0v) is 7.00. The summed E-state index contributed by atoms with van der Waals surface area (Å²) in [6, 6.07) is 0. The first-order valence-corrected chi connectivity index (χ1v) is 5.09. The van der Waals surface area contributed by atoms with Gasteiger partial charge >= 0.3 is 25.1 Å². The van der Waals surface area contributed by atoms with Gasteiger partial charge in [0.1, 0.15) is 0 Å². The minimum Gasteiger partial charge on any atom is -0.322 e. The quantitative estimate of drug-likeness (QED) is 0.577. The molecule has 58 valence electrons. The fraction of sp³-hybridized carbons (Fsp3) is 0. The van der Waals surface area contributed by atoms with E-state index in [1.165, 1.54) is 0 Å². The van der Waals surface area contributed by atoms with Crippen molar-refractivity contribution < 1.29 is 32.4 Å². The first-order chi connectivity index (χ1) is 4.52. The van der Waals surface area contributed by atoms with Gasteiger partial charge in [-0.1, -0.05) is 0 Å². The fourth-order valence-corrected chi connectivity index (χ4v) is 1.48. The average molecular weight is 208 g/mol. The molecule has 0 aromatic carbocycles. The van der Waals surface area contributed by atoms with Crippen LogP contribution in [0.1, 0.15) is 0 Å². The summed E-state index contributed by atoms with van der Waals surface area (Å²) in [7, 11) is -8.74. The minimum atomic E-state index is -3.01. The molecule has 2 unspecified atom stereocenters. The lowest BCUT2D eigenvalue weighted by molar-refractivity contribution is 0.334. The molecule has 0 fully saturated rings. The molecule has 0 aliphatic heterocycles. The molecule has 7 nitrogen and oxygen atoms in total. The second-order valence-corrected chi connectivity index (χ2v) is 3.61. The predicted octanol–water partition coefficient (Wildman–Crippen LogP) is 0.538. The SMILES string of the molecule is O=[P+](O)OP(O)O[P+](=O)O. The molecule has 0 aliphatic rings. The molecule has 0 aliphatic carbocycles. The van der Waals surface area contributed by atoms with Gasteiger partial charge in [0.25, 0.3) is 0 Å². The summed E-state index contributed by atoms with van der Waals surface area (Å²) in [5, 5.41) is 0. The van der Waals surface area contributed by atoms with Gasteiger partial charge in [-0.2, -0.15) is 0 Å². The maximum atomic E-state index is 9.72. The van der Waals surface area contributed by atoms with E-state index in [0.29, 0.717) is 0 Å². The van der Waals surface area contributed by atoms with Gasteiger partial charge in [-0.15, -0.1) is 9.79 Å². The van der Waals surface area contributed by atoms with E-state index in [4.69, 9.17) is 14.7 Å². The summed E-state index contributed by atoms with van der Waals surface area (Å²) in [4.78, 5) is 24.2. The van der Waals surface area contributed by atoms with Gasteiger partial charge in [0.05, 0.1) is 0 Å². The second kappa shape index (κ2) is 5.13. The normalized spacial score (nSPS) is 16.3. The molecule has 0 aromatic rings. The standard InChI is InChI=1S/HO7P3/c1-8(2)6-10(5)7-9(3)4/h5H/p+2. The summed E-state index contributed by atoms with van der Waals surface area (Å²) >= 11 is 0. The number of hydrogen-bond acceptors (Lipinski definition) is 5. The molecule has 0 rings (SSSR count). The van der Waals surface area contributed by atoms with E-state index in [2.05, 4.69) is 8.62 Å². The van der Waals surface area contributed by atoms with Crippen LogP contribution in [0.3, 0.4) is 0 Å². The lowest BCUT2D eigenvalue weighted by atomic mass is 15.7. The van der Waals surface area contributed by atoms with Crippen LogP contribution in [0.25, 0.3) is 0 Å². The van der Waals surface area contributed by atoms with Crippen LogP contribution in [0.2, 0.25) is 0 Å². The Morgan fingerprint density at radius 2 is 1.40 bits per heavy atom. The van der Waals surface area contributed by atoms with Crippen molar-refractivity contribution in [3.05, 3.63) is 0 Å². The third-order valence-electron chi connectivity index (χ3n) is 0.279. The van der Waals surface area contributed by atoms with E-state index in [9.17, 15) is 9.13 Å². The molecule has 0 bridgehead atoms. The van der Waals surface area contributed by atoms with Crippen LogP contribution in [0.15, 0.2) is 0 Å². The van der Waals surface area contributed by atoms with Crippen molar-refractivity contribution in [2.24, 2.45) is 0 Å². The van der Waals surface area contributed by atoms with Crippen molar-refractivity contribution in [1.82, 2.24) is 0 Å². The average Bonchev–Trinajstić information content (AvgIpc) is 1.58. The molecule has 0 saturated carbocycles. The Kier molecular flexibility index (Phi) is 5.35. The van der Waals surface area contributed by atoms with Gasteiger partial charge in [-0.05, 0) is 8.62 Å². The molecule has 0 radical (unpaired) electrons. The molecular formula is H3O7P3+2. The topological polar surface area (TPSA) is 113 Å². The Balaban J connectivity index is 3.53. The van der Waals surface area contributed by atoms with Crippen LogP contribution in [0, 0.1) is 0 Å². The Morgan fingerprint density at radius 3 is 1.60 bits per heavy atom. The van der Waals surface area contributed by atoms with Gasteiger partial charge in [0.2, 0.25) is 0 Å². The van der Waals surface area contributed by atoms with Crippen molar-refractivity contribution in [2.75, 3.05) is 0 Å². The van der Waals surface area contributed by atoms with Gasteiger partial charge in [0, 0.05) is 9.13 Å². The van der Waals surface area contributed by atoms with Crippen LogP contribution in [0.4, 0.5) is 0 Å². The van der Waals surface area contributed by atoms with E-state index in [1.54, 1.807) is 0 Å². The van der Waals surface area contributed by atoms with Crippen molar-refractivity contribution in [2.45, 2.75) is 0 Å². The summed E-state index contributed by atoms with van der Waals surface area (Å²) in [5.41, 5.74) is 0. The Bertz CT molecular complexity index is 124. The lowest BCUT2D eigenvalue weighted by Gasteiger charge is -1.85. The summed E-state index contributed by atoms with van der Waals surface area (Å²) < 4.78 is 26.8. The van der Waals surface area contributed by atoms with Crippen molar-refractivity contribution in [3.63, 3.8) is 0 Å². The fourth-order valence-electron chi connectivity index (χ4n) is 0.134. The smallest absolute Gasteiger partial charge is 0.322 e. The molecule has 0 saturated heterocycles. The van der Waals surface area contributed by atoms with Crippen LogP contribution in [-0.2, 0) is 17.8 Å². The van der Waals surface area contributed by atoms with Gasteiger partial charge < -0.3 is 4.89 Å². The summed E-state index contributed by atoms with van der Waals surface area (Å²) in [6.45, 7) is 0. The number of hydrogen-bond donors (Lipinski definition) is 3. The van der Waals surface area contributed by atoms with Crippen molar-refractivity contribution in [1.29, 1.82) is 0 Å². The zero-order chi connectivity index (χ0) is 8.15. The van der Waals surface area contributed by atoms with E-state index in [1.807, 2.05) is 0 Å². The monoisotopic (exact) mass is 208 g/mol. The van der Waals surface area contributed by atoms with Gasteiger partial charge in [-0.25, -0.2) is 0 Å². The minimum absolute atomic E-state index is 2.73. The summed E-state index contributed by atoms with van der Waals surface area (Å²) in [5.74, 6) is 0. The highest BCUT2D eigenvalue weighted by atomic mass is 31.3. The zero-order valence-electron chi connectivity index (χ0n) is 4.32. The lowest BCUT2D eigenvalue weighted by Crippen LogP contribution is -1.74. The van der Waals surface area contributed by atoms with Gasteiger partial charge in [0.15, 0.2) is 0 Å². The van der Waals surface area contributed by atoms with Crippen molar-refractivity contribution >= 4 is 25.1 Å². The Labute approximate surface area is 58.5 Å². The predicted molar refractivity (Wildman–Crippen MR) is 31.0 cm³/mol. The maximum absolute atomic E-state index is 9.72. The van der Waals surface area contributed by atoms with Crippen molar-refractivity contribution in [3.8, 4) is 0 Å². The van der Waals surface area contributed by atoms with E-state index < -0.39 is 25.1 Å². The highest BCUT2D eigenvalue weighted by Crippen LogP contribution is 2.48. The second-order valence-electron chi connectivity index (χ2n) is 0.877. The number of rotatable bonds is 4. The van der Waals surface area contributed by atoms with Gasteiger partial charge in [-0.3, -0.25) is 0 Å². The molecule has 0 amide bonds. The Morgan fingerprint density at radius 1 is 1.10 bits per heavy atom. The van der Waals surface area contributed by atoms with E-state index in [-0.39, 0.29) is 0 Å². The molecule has 3 N–H and O–H groups in total. The highest BCUT2D eigenvalue weighted by Gasteiger charge is 2.32. The largest absolute Gasteiger partial charge is 0.703 e. The molecule has 10 heavy (non-hydrogen) atoms. The van der Waals surface area contributed by atoms with Crippen LogP contribution < -0.4 is 0 Å². The molecular weight excluding hydrogens is 205 g/mol. The molecule has 0 spiro atoms. The van der Waals surface area contributed by atoms with E-state index in [0.717, 1.165) is 0 Å². The molecule has 0 heterocycles.